The van der Waals surface area contributed by atoms with E-state index in [1.54, 1.807) is 30.3 Å². The first-order valence-corrected chi connectivity index (χ1v) is 8.39. The second-order valence-electron chi connectivity index (χ2n) is 5.08. The number of hydrogen-bond donors (Lipinski definition) is 1. The van der Waals surface area contributed by atoms with E-state index in [1.165, 1.54) is 31.2 Å². The summed E-state index contributed by atoms with van der Waals surface area (Å²) in [5, 5.41) is 3.86. The summed E-state index contributed by atoms with van der Waals surface area (Å²) in [5.41, 5.74) is 1.09. The number of nitrogens with one attached hydrogen (secondary N) is 1. The largest absolute Gasteiger partial charge is 0.449 e. The minimum absolute atomic E-state index is 0.384. The van der Waals surface area contributed by atoms with E-state index in [-0.39, 0.29) is 0 Å². The molecule has 0 aliphatic carbocycles. The molecule has 0 aromatic heterocycles. The third kappa shape index (κ3) is 6.09. The number of carbonyl (C=O) groups excluding carboxylic acids is 2. The van der Waals surface area contributed by atoms with Crippen molar-refractivity contribution in [3.63, 3.8) is 0 Å². The first kappa shape index (κ1) is 19.3. The molecule has 0 radical (unpaired) electrons. The topological polar surface area (TPSA) is 55.4 Å². The van der Waals surface area contributed by atoms with Crippen molar-refractivity contribution in [2.75, 3.05) is 5.32 Å². The van der Waals surface area contributed by atoms with Crippen LogP contribution in [-0.4, -0.2) is 18.0 Å². The Hall–Kier alpha value is -2.01. The van der Waals surface area contributed by atoms with E-state index >= 15 is 0 Å². The monoisotopic (exact) mass is 397 g/mol. The molecule has 0 unspecified atom stereocenters. The number of anilines is 1. The van der Waals surface area contributed by atoms with E-state index in [9.17, 15) is 9.59 Å². The lowest BCUT2D eigenvalue weighted by atomic mass is 10.2. The first-order chi connectivity index (χ1) is 11.8. The van der Waals surface area contributed by atoms with E-state index < -0.39 is 18.0 Å². The quantitative estimate of drug-likeness (QED) is 0.554. The highest BCUT2D eigenvalue weighted by atomic mass is 35.5. The zero-order valence-corrected chi connectivity index (χ0v) is 15.4. The van der Waals surface area contributed by atoms with Gasteiger partial charge < -0.3 is 10.1 Å². The zero-order valence-electron chi connectivity index (χ0n) is 13.1. The molecule has 0 fully saturated rings. The van der Waals surface area contributed by atoms with Crippen LogP contribution >= 0.6 is 34.8 Å². The van der Waals surface area contributed by atoms with Gasteiger partial charge in [0.05, 0.1) is 0 Å². The van der Waals surface area contributed by atoms with Crippen molar-refractivity contribution in [1.82, 2.24) is 0 Å². The van der Waals surface area contributed by atoms with Crippen molar-refractivity contribution >= 4 is 58.4 Å². The Kier molecular flexibility index (Phi) is 6.88. The van der Waals surface area contributed by atoms with Crippen LogP contribution in [0.1, 0.15) is 12.5 Å². The lowest BCUT2D eigenvalue weighted by molar-refractivity contribution is -0.148. The van der Waals surface area contributed by atoms with Crippen LogP contribution in [0.4, 0.5) is 5.69 Å². The smallest absolute Gasteiger partial charge is 0.331 e. The summed E-state index contributed by atoms with van der Waals surface area (Å²) in [6.07, 6.45) is 1.73. The molecule has 7 heteroatoms. The predicted molar refractivity (Wildman–Crippen MR) is 101 cm³/mol. The van der Waals surface area contributed by atoms with Gasteiger partial charge in [-0.1, -0.05) is 53.0 Å². The molecule has 2 aromatic carbocycles. The number of rotatable bonds is 5. The Bertz CT molecular complexity index is 801. The molecule has 0 saturated carbocycles. The van der Waals surface area contributed by atoms with Crippen LogP contribution in [0.15, 0.2) is 48.5 Å². The van der Waals surface area contributed by atoms with E-state index in [0.717, 1.165) is 0 Å². The van der Waals surface area contributed by atoms with Crippen LogP contribution in [0, 0.1) is 0 Å². The molecule has 0 aliphatic rings. The lowest BCUT2D eigenvalue weighted by Gasteiger charge is -2.12. The fourth-order valence-corrected chi connectivity index (χ4v) is 2.63. The van der Waals surface area contributed by atoms with Gasteiger partial charge in [-0.3, -0.25) is 4.79 Å². The van der Waals surface area contributed by atoms with Crippen molar-refractivity contribution in [2.24, 2.45) is 0 Å². The number of ether oxygens (including phenoxy) is 1. The van der Waals surface area contributed by atoms with Crippen LogP contribution in [0.2, 0.25) is 15.1 Å². The van der Waals surface area contributed by atoms with Gasteiger partial charge in [0, 0.05) is 26.8 Å². The Balaban J connectivity index is 1.94. The zero-order chi connectivity index (χ0) is 18.4. The van der Waals surface area contributed by atoms with Crippen LogP contribution in [0.25, 0.3) is 6.08 Å². The molecule has 0 aliphatic heterocycles. The molecule has 130 valence electrons. The highest BCUT2D eigenvalue weighted by molar-refractivity contribution is 6.35. The SMILES string of the molecule is C[C@@H](OC(=O)/C=C/c1ccccc1Cl)C(=O)Nc1cc(Cl)cc(Cl)c1. The summed E-state index contributed by atoms with van der Waals surface area (Å²) in [7, 11) is 0. The van der Waals surface area contributed by atoms with Gasteiger partial charge in [-0.2, -0.15) is 0 Å². The molecule has 2 aromatic rings. The van der Waals surface area contributed by atoms with E-state index in [0.29, 0.717) is 26.3 Å². The fourth-order valence-electron chi connectivity index (χ4n) is 1.91. The summed E-state index contributed by atoms with van der Waals surface area (Å²) in [5.74, 6) is -1.16. The molecule has 1 N–H and O–H groups in total. The van der Waals surface area contributed by atoms with E-state index in [4.69, 9.17) is 39.5 Å². The average molecular weight is 399 g/mol. The third-order valence-electron chi connectivity index (χ3n) is 3.10. The van der Waals surface area contributed by atoms with Gasteiger partial charge in [0.15, 0.2) is 6.10 Å². The maximum absolute atomic E-state index is 12.1. The van der Waals surface area contributed by atoms with Crippen LogP contribution < -0.4 is 5.32 Å². The van der Waals surface area contributed by atoms with Gasteiger partial charge in [0.2, 0.25) is 0 Å². The first-order valence-electron chi connectivity index (χ1n) is 7.25. The fraction of sp³-hybridized carbons (Fsp3) is 0.111. The summed E-state index contributed by atoms with van der Waals surface area (Å²) < 4.78 is 5.06. The molecule has 2 rings (SSSR count). The molecular weight excluding hydrogens is 385 g/mol. The number of hydrogen-bond acceptors (Lipinski definition) is 3. The molecule has 25 heavy (non-hydrogen) atoms. The van der Waals surface area contributed by atoms with Crippen molar-refractivity contribution in [1.29, 1.82) is 0 Å². The predicted octanol–water partition coefficient (Wildman–Crippen LogP) is 5.23. The standard InChI is InChI=1S/C18H14Cl3NO3/c1-11(18(24)22-15-9-13(19)8-14(20)10-15)25-17(23)7-6-12-4-2-3-5-16(12)21/h2-11H,1H3,(H,22,24)/b7-6+/t11-/m1/s1. The van der Waals surface area contributed by atoms with Gasteiger partial charge in [-0.15, -0.1) is 0 Å². The van der Waals surface area contributed by atoms with Gasteiger partial charge in [-0.25, -0.2) is 4.79 Å². The number of carbonyl (C=O) groups is 2. The highest BCUT2D eigenvalue weighted by Crippen LogP contribution is 2.22. The normalized spacial score (nSPS) is 12.0. The minimum Gasteiger partial charge on any atom is -0.449 e. The Morgan fingerprint density at radius 1 is 1.08 bits per heavy atom. The van der Waals surface area contributed by atoms with Gasteiger partial charge in [-0.05, 0) is 42.8 Å². The second kappa shape index (κ2) is 8.90. The maximum atomic E-state index is 12.1. The average Bonchev–Trinajstić information content (AvgIpc) is 2.53. The third-order valence-corrected chi connectivity index (χ3v) is 3.88. The summed E-state index contributed by atoms with van der Waals surface area (Å²) in [6.45, 7) is 1.46. The minimum atomic E-state index is -0.999. The maximum Gasteiger partial charge on any atom is 0.331 e. The van der Waals surface area contributed by atoms with Crippen LogP contribution in [-0.2, 0) is 14.3 Å². The molecule has 0 saturated heterocycles. The second-order valence-corrected chi connectivity index (χ2v) is 6.36. The molecule has 1 amide bonds. The van der Waals surface area contributed by atoms with E-state index in [2.05, 4.69) is 5.32 Å². The van der Waals surface area contributed by atoms with Crippen molar-refractivity contribution < 1.29 is 14.3 Å². The number of benzene rings is 2. The molecule has 0 bridgehead atoms. The Morgan fingerprint density at radius 3 is 2.36 bits per heavy atom. The molecular formula is C18H14Cl3NO3. The summed E-state index contributed by atoms with van der Waals surface area (Å²) in [6, 6.07) is 11.7. The number of halogens is 3. The highest BCUT2D eigenvalue weighted by Gasteiger charge is 2.17. The lowest BCUT2D eigenvalue weighted by Crippen LogP contribution is -2.29. The van der Waals surface area contributed by atoms with Crippen LogP contribution in [0.3, 0.4) is 0 Å². The molecule has 4 nitrogen and oxygen atoms in total. The number of amides is 1. The number of esters is 1. The Labute approximate surface area is 160 Å². The van der Waals surface area contributed by atoms with Crippen LogP contribution in [0.5, 0.6) is 0 Å². The summed E-state index contributed by atoms with van der Waals surface area (Å²) >= 11 is 17.7. The summed E-state index contributed by atoms with van der Waals surface area (Å²) in [4.78, 5) is 23.9. The molecule has 0 heterocycles. The van der Waals surface area contributed by atoms with Gasteiger partial charge in [0.25, 0.3) is 5.91 Å². The van der Waals surface area contributed by atoms with E-state index in [1.807, 2.05) is 0 Å². The van der Waals surface area contributed by atoms with Gasteiger partial charge in [0.1, 0.15) is 0 Å². The molecule has 0 spiro atoms. The van der Waals surface area contributed by atoms with Gasteiger partial charge >= 0.3 is 5.97 Å². The van der Waals surface area contributed by atoms with Crippen molar-refractivity contribution in [3.8, 4) is 0 Å². The van der Waals surface area contributed by atoms with Crippen molar-refractivity contribution in [3.05, 3.63) is 69.2 Å². The molecule has 1 atom stereocenters. The van der Waals surface area contributed by atoms with Crippen molar-refractivity contribution in [2.45, 2.75) is 13.0 Å². The Morgan fingerprint density at radius 2 is 1.72 bits per heavy atom.